The highest BCUT2D eigenvalue weighted by molar-refractivity contribution is 5.93. The summed E-state index contributed by atoms with van der Waals surface area (Å²) in [5.41, 5.74) is 1.32. The number of phenolic OH excluding ortho intramolecular Hbond substituents is 1. The number of nitrogens with one attached hydrogen (secondary N) is 1. The summed E-state index contributed by atoms with van der Waals surface area (Å²) in [6.45, 7) is 1.19. The fourth-order valence-corrected chi connectivity index (χ4v) is 3.38. The second-order valence-electron chi connectivity index (χ2n) is 6.83. The number of rotatable bonds is 5. The van der Waals surface area contributed by atoms with Crippen LogP contribution in [0.15, 0.2) is 48.5 Å². The second-order valence-corrected chi connectivity index (χ2v) is 6.83. The van der Waals surface area contributed by atoms with E-state index in [9.17, 15) is 24.2 Å². The normalized spacial score (nSPS) is 20.2. The summed E-state index contributed by atoms with van der Waals surface area (Å²) >= 11 is 0. The van der Waals surface area contributed by atoms with Crippen molar-refractivity contribution in [3.05, 3.63) is 59.9 Å². The minimum atomic E-state index is -0.935. The van der Waals surface area contributed by atoms with Crippen molar-refractivity contribution < 1.29 is 24.2 Å². The molecule has 3 rings (SSSR count). The zero-order valence-corrected chi connectivity index (χ0v) is 14.6. The summed E-state index contributed by atoms with van der Waals surface area (Å²) in [5.74, 6) is -2.62. The van der Waals surface area contributed by atoms with Crippen molar-refractivity contribution in [3.8, 4) is 5.75 Å². The van der Waals surface area contributed by atoms with E-state index in [4.69, 9.17) is 0 Å². The number of anilines is 1. The number of benzene rings is 2. The Bertz CT molecular complexity index is 825. The maximum Gasteiger partial charge on any atom is 0.307 e. The maximum absolute atomic E-state index is 13.0. The molecule has 0 spiro atoms. The molecular formula is C20H21FN2O4. The lowest BCUT2D eigenvalue weighted by atomic mass is 9.88. The minimum Gasteiger partial charge on any atom is -0.508 e. The van der Waals surface area contributed by atoms with Crippen molar-refractivity contribution in [3.63, 3.8) is 0 Å². The van der Waals surface area contributed by atoms with Crippen LogP contribution in [0, 0.1) is 17.7 Å². The first-order valence-electron chi connectivity index (χ1n) is 8.70. The molecule has 1 heterocycles. The highest BCUT2D eigenvalue weighted by Crippen LogP contribution is 2.26. The smallest absolute Gasteiger partial charge is 0.307 e. The van der Waals surface area contributed by atoms with Crippen LogP contribution in [0.2, 0.25) is 0 Å². The number of nitrogens with zero attached hydrogens (tertiary/aromatic N) is 1. The molecule has 6 nitrogen and oxygen atoms in total. The number of hydrogen-bond donors (Lipinski definition) is 3. The van der Waals surface area contributed by atoms with E-state index in [2.05, 4.69) is 5.32 Å². The summed E-state index contributed by atoms with van der Waals surface area (Å²) in [4.78, 5) is 26.0. The third kappa shape index (κ3) is 5.04. The summed E-state index contributed by atoms with van der Waals surface area (Å²) < 4.78 is 13.0. The lowest BCUT2D eigenvalue weighted by molar-refractivity contribution is -0.145. The lowest BCUT2D eigenvalue weighted by Crippen LogP contribution is -2.46. The van der Waals surface area contributed by atoms with E-state index in [0.29, 0.717) is 25.3 Å². The standard InChI is InChI=1S/C20H21FN2O4/c21-16-4-6-17(7-5-16)22-19(25)14-9-15(20(26)27)12-23(11-14)10-13-2-1-3-18(24)8-13/h1-8,14-15,24H,9-12H2,(H,22,25)(H,26,27)/t14-,15+/m1/s1. The predicted molar refractivity (Wildman–Crippen MR) is 97.6 cm³/mol. The third-order valence-electron chi connectivity index (χ3n) is 4.67. The van der Waals surface area contributed by atoms with Gasteiger partial charge in [0, 0.05) is 25.3 Å². The highest BCUT2D eigenvalue weighted by atomic mass is 19.1. The van der Waals surface area contributed by atoms with Crippen LogP contribution in [0.25, 0.3) is 0 Å². The number of amides is 1. The first kappa shape index (κ1) is 18.8. The maximum atomic E-state index is 13.0. The van der Waals surface area contributed by atoms with Crippen molar-refractivity contribution in [2.24, 2.45) is 11.8 Å². The number of carboxylic acids is 1. The zero-order chi connectivity index (χ0) is 19.4. The summed E-state index contributed by atoms with van der Waals surface area (Å²) in [6.07, 6.45) is 0.249. The molecule has 1 saturated heterocycles. The Labute approximate surface area is 156 Å². The number of hydrogen-bond acceptors (Lipinski definition) is 4. The Morgan fingerprint density at radius 1 is 1.11 bits per heavy atom. The molecular weight excluding hydrogens is 351 g/mol. The molecule has 7 heteroatoms. The molecule has 1 amide bonds. The molecule has 27 heavy (non-hydrogen) atoms. The van der Waals surface area contributed by atoms with Gasteiger partial charge in [-0.2, -0.15) is 0 Å². The average molecular weight is 372 g/mol. The molecule has 0 aromatic heterocycles. The first-order chi connectivity index (χ1) is 12.9. The van der Waals surface area contributed by atoms with Gasteiger partial charge in [-0.3, -0.25) is 14.5 Å². The molecule has 0 aliphatic carbocycles. The van der Waals surface area contributed by atoms with Gasteiger partial charge in [-0.25, -0.2) is 4.39 Å². The van der Waals surface area contributed by atoms with E-state index < -0.39 is 23.6 Å². The van der Waals surface area contributed by atoms with E-state index in [1.165, 1.54) is 24.3 Å². The fraction of sp³-hybridized carbons (Fsp3) is 0.300. The van der Waals surface area contributed by atoms with Gasteiger partial charge in [0.05, 0.1) is 11.8 Å². The number of phenols is 1. The van der Waals surface area contributed by atoms with Gasteiger partial charge >= 0.3 is 5.97 Å². The quantitative estimate of drug-likeness (QED) is 0.751. The first-order valence-corrected chi connectivity index (χ1v) is 8.70. The van der Waals surface area contributed by atoms with Gasteiger partial charge in [0.1, 0.15) is 11.6 Å². The van der Waals surface area contributed by atoms with Crippen LogP contribution in [0.3, 0.4) is 0 Å². The molecule has 0 unspecified atom stereocenters. The van der Waals surface area contributed by atoms with Gasteiger partial charge < -0.3 is 15.5 Å². The number of aromatic hydroxyl groups is 1. The Hall–Kier alpha value is -2.93. The molecule has 1 fully saturated rings. The fourth-order valence-electron chi connectivity index (χ4n) is 3.38. The lowest BCUT2D eigenvalue weighted by Gasteiger charge is -2.35. The Balaban J connectivity index is 1.70. The van der Waals surface area contributed by atoms with Crippen molar-refractivity contribution in [2.45, 2.75) is 13.0 Å². The van der Waals surface area contributed by atoms with Gasteiger partial charge in [0.25, 0.3) is 0 Å². The van der Waals surface area contributed by atoms with Crippen molar-refractivity contribution in [1.82, 2.24) is 4.90 Å². The van der Waals surface area contributed by atoms with E-state index in [1.54, 1.807) is 18.2 Å². The van der Waals surface area contributed by atoms with Gasteiger partial charge in [0.2, 0.25) is 5.91 Å². The minimum absolute atomic E-state index is 0.143. The summed E-state index contributed by atoms with van der Waals surface area (Å²) in [7, 11) is 0. The number of likely N-dealkylation sites (tertiary alicyclic amines) is 1. The monoisotopic (exact) mass is 372 g/mol. The topological polar surface area (TPSA) is 89.9 Å². The SMILES string of the molecule is O=C(O)[C@H]1C[C@@H](C(=O)Nc2ccc(F)cc2)CN(Cc2cccc(O)c2)C1. The molecule has 0 radical (unpaired) electrons. The van der Waals surface area contributed by atoms with Crippen LogP contribution in [0.1, 0.15) is 12.0 Å². The predicted octanol–water partition coefficient (Wildman–Crippen LogP) is 2.69. The van der Waals surface area contributed by atoms with Gasteiger partial charge in [0.15, 0.2) is 0 Å². The number of piperidine rings is 1. The summed E-state index contributed by atoms with van der Waals surface area (Å²) in [6, 6.07) is 12.2. The second kappa shape index (κ2) is 8.18. The van der Waals surface area contributed by atoms with Gasteiger partial charge in [-0.05, 0) is 48.4 Å². The molecule has 142 valence electrons. The van der Waals surface area contributed by atoms with Crippen LogP contribution in [-0.2, 0) is 16.1 Å². The molecule has 3 N–H and O–H groups in total. The highest BCUT2D eigenvalue weighted by Gasteiger charge is 2.35. The number of halogens is 1. The van der Waals surface area contributed by atoms with Crippen LogP contribution in [-0.4, -0.2) is 40.1 Å². The van der Waals surface area contributed by atoms with E-state index >= 15 is 0 Å². The van der Waals surface area contributed by atoms with Crippen LogP contribution >= 0.6 is 0 Å². The van der Waals surface area contributed by atoms with Gasteiger partial charge in [-0.15, -0.1) is 0 Å². The van der Waals surface area contributed by atoms with E-state index in [1.807, 2.05) is 11.0 Å². The molecule has 2 aromatic rings. The van der Waals surface area contributed by atoms with Crippen molar-refractivity contribution in [2.75, 3.05) is 18.4 Å². The number of carbonyl (C=O) groups excluding carboxylic acids is 1. The number of carboxylic acid groups (broad SMARTS) is 1. The van der Waals surface area contributed by atoms with Crippen LogP contribution < -0.4 is 5.32 Å². The molecule has 1 aliphatic heterocycles. The van der Waals surface area contributed by atoms with Crippen LogP contribution in [0.5, 0.6) is 5.75 Å². The van der Waals surface area contributed by atoms with Crippen LogP contribution in [0.4, 0.5) is 10.1 Å². The Morgan fingerprint density at radius 3 is 2.48 bits per heavy atom. The van der Waals surface area contributed by atoms with Crippen molar-refractivity contribution >= 4 is 17.6 Å². The molecule has 2 atom stereocenters. The molecule has 0 saturated carbocycles. The van der Waals surface area contributed by atoms with Crippen molar-refractivity contribution in [1.29, 1.82) is 0 Å². The Kier molecular flexibility index (Phi) is 5.71. The Morgan fingerprint density at radius 2 is 1.81 bits per heavy atom. The number of aliphatic carboxylic acids is 1. The zero-order valence-electron chi connectivity index (χ0n) is 14.6. The summed E-state index contributed by atoms with van der Waals surface area (Å²) in [5, 5.41) is 21.8. The third-order valence-corrected chi connectivity index (χ3v) is 4.67. The number of carbonyl (C=O) groups is 2. The van der Waals surface area contributed by atoms with E-state index in [0.717, 1.165) is 5.56 Å². The largest absolute Gasteiger partial charge is 0.508 e. The molecule has 1 aliphatic rings. The molecule has 2 aromatic carbocycles. The van der Waals surface area contributed by atoms with E-state index in [-0.39, 0.29) is 18.1 Å². The van der Waals surface area contributed by atoms with Gasteiger partial charge in [-0.1, -0.05) is 12.1 Å². The molecule has 0 bridgehead atoms. The average Bonchev–Trinajstić information content (AvgIpc) is 2.63.